The van der Waals surface area contributed by atoms with E-state index in [-0.39, 0.29) is 17.7 Å². The summed E-state index contributed by atoms with van der Waals surface area (Å²) >= 11 is 0. The van der Waals surface area contributed by atoms with Crippen LogP contribution in [0.1, 0.15) is 36.7 Å². The minimum absolute atomic E-state index is 0.103. The molecule has 5 rings (SSSR count). The second-order valence-electron chi connectivity index (χ2n) is 9.72. The van der Waals surface area contributed by atoms with Crippen LogP contribution in [0.25, 0.3) is 10.9 Å². The molecule has 0 aliphatic carbocycles. The Morgan fingerprint density at radius 2 is 1.88 bits per heavy atom. The average molecular weight is 459 g/mol. The van der Waals surface area contributed by atoms with E-state index in [1.54, 1.807) is 17.2 Å². The highest BCUT2D eigenvalue weighted by molar-refractivity contribution is 6.11. The van der Waals surface area contributed by atoms with Crippen molar-refractivity contribution in [3.8, 4) is 0 Å². The molecular weight excluding hydrogens is 432 g/mol. The fraction of sp³-hybridized carbons (Fsp3) is 0.308. The van der Waals surface area contributed by atoms with Gasteiger partial charge in [0.2, 0.25) is 5.91 Å². The van der Waals surface area contributed by atoms with E-state index >= 15 is 0 Å². The van der Waals surface area contributed by atoms with Gasteiger partial charge in [0.25, 0.3) is 5.91 Å². The van der Waals surface area contributed by atoms with Crippen molar-refractivity contribution in [3.63, 3.8) is 0 Å². The fourth-order valence-electron chi connectivity index (χ4n) is 4.18. The Kier molecular flexibility index (Phi) is 5.23. The number of rotatable bonds is 3. The van der Waals surface area contributed by atoms with Gasteiger partial charge in [0.15, 0.2) is 0 Å². The van der Waals surface area contributed by atoms with Gasteiger partial charge in [0.1, 0.15) is 5.60 Å². The second-order valence-corrected chi connectivity index (χ2v) is 9.72. The summed E-state index contributed by atoms with van der Waals surface area (Å²) in [4.78, 5) is 45.4. The maximum atomic E-state index is 13.1. The minimum atomic E-state index is -0.570. The van der Waals surface area contributed by atoms with Crippen molar-refractivity contribution in [2.45, 2.75) is 32.9 Å². The summed E-state index contributed by atoms with van der Waals surface area (Å²) < 4.78 is 5.33. The van der Waals surface area contributed by atoms with E-state index in [1.165, 1.54) is 4.90 Å². The van der Waals surface area contributed by atoms with E-state index in [9.17, 15) is 14.4 Å². The predicted molar refractivity (Wildman–Crippen MR) is 129 cm³/mol. The molecule has 1 N–H and O–H groups in total. The number of fused-ring (bicyclic) bond motifs is 2. The Morgan fingerprint density at radius 1 is 1.09 bits per heavy atom. The van der Waals surface area contributed by atoms with Gasteiger partial charge in [-0.3, -0.25) is 14.6 Å². The number of nitrogens with one attached hydrogen (secondary N) is 1. The van der Waals surface area contributed by atoms with Gasteiger partial charge in [-0.2, -0.15) is 0 Å². The van der Waals surface area contributed by atoms with Gasteiger partial charge in [0.05, 0.1) is 18.0 Å². The van der Waals surface area contributed by atoms with Crippen LogP contribution >= 0.6 is 0 Å². The highest BCUT2D eigenvalue weighted by Gasteiger charge is 2.38. The number of aromatic nitrogens is 1. The van der Waals surface area contributed by atoms with Crippen molar-refractivity contribution in [2.24, 2.45) is 5.92 Å². The molecule has 1 aromatic heterocycles. The largest absolute Gasteiger partial charge is 0.444 e. The summed E-state index contributed by atoms with van der Waals surface area (Å²) in [6.07, 6.45) is 1.33. The zero-order chi connectivity index (χ0) is 24.0. The quantitative estimate of drug-likeness (QED) is 0.635. The van der Waals surface area contributed by atoms with Crippen LogP contribution in [-0.2, 0) is 16.1 Å². The van der Waals surface area contributed by atoms with E-state index in [2.05, 4.69) is 10.3 Å². The second kappa shape index (κ2) is 8.13. The maximum Gasteiger partial charge on any atom is 0.410 e. The summed E-state index contributed by atoms with van der Waals surface area (Å²) in [5, 5.41) is 3.85. The topological polar surface area (TPSA) is 91.8 Å². The summed E-state index contributed by atoms with van der Waals surface area (Å²) in [7, 11) is 0. The van der Waals surface area contributed by atoms with E-state index in [0.29, 0.717) is 30.9 Å². The minimum Gasteiger partial charge on any atom is -0.444 e. The lowest BCUT2D eigenvalue weighted by atomic mass is 9.99. The van der Waals surface area contributed by atoms with Crippen LogP contribution in [0.5, 0.6) is 0 Å². The van der Waals surface area contributed by atoms with Gasteiger partial charge in [-0.1, -0.05) is 12.1 Å². The van der Waals surface area contributed by atoms with Gasteiger partial charge in [-0.25, -0.2) is 4.79 Å². The lowest BCUT2D eigenvalue weighted by Crippen LogP contribution is -2.55. The number of hydrogen-bond acceptors (Lipinski definition) is 5. The molecule has 3 amide bonds. The van der Waals surface area contributed by atoms with Gasteiger partial charge >= 0.3 is 6.09 Å². The number of ether oxygens (including phenoxy) is 1. The molecule has 3 aromatic rings. The SMILES string of the molecule is CC(C)(C)OC(=O)N1CC(C(=O)Nc2ccc3c(c2)C(=O)N(c2ccc4ncccc4c2)C3)C1. The van der Waals surface area contributed by atoms with Crippen LogP contribution in [-0.4, -0.2) is 46.5 Å². The molecule has 1 fully saturated rings. The van der Waals surface area contributed by atoms with Crippen molar-refractivity contribution < 1.29 is 19.1 Å². The Hall–Kier alpha value is -3.94. The molecule has 34 heavy (non-hydrogen) atoms. The Bertz CT molecular complexity index is 1310. The summed E-state index contributed by atoms with van der Waals surface area (Å²) in [5.41, 5.74) is 3.17. The van der Waals surface area contributed by atoms with E-state index < -0.39 is 11.7 Å². The summed E-state index contributed by atoms with van der Waals surface area (Å²) in [6, 6.07) is 15.0. The summed E-state index contributed by atoms with van der Waals surface area (Å²) in [6.45, 7) is 6.53. The van der Waals surface area contributed by atoms with Crippen LogP contribution in [0.3, 0.4) is 0 Å². The van der Waals surface area contributed by atoms with Crippen LogP contribution in [0.15, 0.2) is 54.7 Å². The van der Waals surface area contributed by atoms with Gasteiger partial charge in [0, 0.05) is 41.6 Å². The van der Waals surface area contributed by atoms with Crippen LogP contribution < -0.4 is 10.2 Å². The molecule has 2 aliphatic heterocycles. The number of carbonyl (C=O) groups is 3. The molecule has 0 bridgehead atoms. The number of carbonyl (C=O) groups excluding carboxylic acids is 3. The molecule has 2 aliphatic rings. The molecule has 2 aromatic carbocycles. The molecule has 1 saturated heterocycles. The van der Waals surface area contributed by atoms with Crippen LogP contribution in [0.4, 0.5) is 16.2 Å². The number of pyridine rings is 1. The first kappa shape index (κ1) is 21.9. The van der Waals surface area contributed by atoms with Crippen molar-refractivity contribution in [3.05, 3.63) is 65.9 Å². The third kappa shape index (κ3) is 4.19. The lowest BCUT2D eigenvalue weighted by molar-refractivity contribution is -0.124. The molecule has 0 radical (unpaired) electrons. The van der Waals surface area contributed by atoms with Crippen molar-refractivity contribution in [2.75, 3.05) is 23.3 Å². The molecule has 0 atom stereocenters. The molecule has 3 heterocycles. The van der Waals surface area contributed by atoms with Crippen LogP contribution in [0, 0.1) is 5.92 Å². The predicted octanol–water partition coefficient (Wildman–Crippen LogP) is 4.20. The molecule has 174 valence electrons. The van der Waals surface area contributed by atoms with Gasteiger partial charge in [-0.15, -0.1) is 0 Å². The highest BCUT2D eigenvalue weighted by atomic mass is 16.6. The number of hydrogen-bond donors (Lipinski definition) is 1. The first-order chi connectivity index (χ1) is 16.2. The van der Waals surface area contributed by atoms with Gasteiger partial charge in [-0.05, 0) is 62.7 Å². The highest BCUT2D eigenvalue weighted by Crippen LogP contribution is 2.32. The van der Waals surface area contributed by atoms with Gasteiger partial charge < -0.3 is 19.9 Å². The molecule has 0 spiro atoms. The lowest BCUT2D eigenvalue weighted by Gasteiger charge is -2.38. The van der Waals surface area contributed by atoms with E-state index in [4.69, 9.17) is 4.74 Å². The molecule has 8 nitrogen and oxygen atoms in total. The zero-order valence-electron chi connectivity index (χ0n) is 19.4. The molecule has 8 heteroatoms. The number of nitrogens with zero attached hydrogens (tertiary/aromatic N) is 3. The molecule has 0 saturated carbocycles. The monoisotopic (exact) mass is 458 g/mol. The Labute approximate surface area is 197 Å². The zero-order valence-corrected chi connectivity index (χ0v) is 19.4. The van der Waals surface area contributed by atoms with E-state index in [1.807, 2.05) is 63.2 Å². The number of likely N-dealkylation sites (tertiary alicyclic amines) is 1. The Morgan fingerprint density at radius 3 is 2.65 bits per heavy atom. The smallest absolute Gasteiger partial charge is 0.410 e. The normalized spacial score (nSPS) is 15.8. The number of amides is 3. The van der Waals surface area contributed by atoms with Crippen molar-refractivity contribution in [1.29, 1.82) is 0 Å². The first-order valence-corrected chi connectivity index (χ1v) is 11.3. The molecule has 0 unspecified atom stereocenters. The molecular formula is C26H26N4O4. The number of anilines is 2. The van der Waals surface area contributed by atoms with Crippen LogP contribution in [0.2, 0.25) is 0 Å². The number of benzene rings is 2. The fourth-order valence-corrected chi connectivity index (χ4v) is 4.18. The Balaban J connectivity index is 1.24. The maximum absolute atomic E-state index is 13.1. The third-order valence-corrected chi connectivity index (χ3v) is 5.98. The van der Waals surface area contributed by atoms with Crippen molar-refractivity contribution >= 4 is 40.2 Å². The summed E-state index contributed by atoms with van der Waals surface area (Å²) in [5.74, 6) is -0.586. The third-order valence-electron chi connectivity index (χ3n) is 5.98. The average Bonchev–Trinajstić information content (AvgIpc) is 3.07. The van der Waals surface area contributed by atoms with E-state index in [0.717, 1.165) is 22.2 Å². The van der Waals surface area contributed by atoms with Crippen molar-refractivity contribution in [1.82, 2.24) is 9.88 Å². The standard InChI is InChI=1S/C26H26N4O4/c1-26(2,3)34-25(33)29-13-18(14-29)23(31)28-19-7-6-17-15-30(24(32)21(17)12-19)20-8-9-22-16(11-20)5-4-10-27-22/h4-12,18H,13-15H2,1-3H3,(H,28,31). The first-order valence-electron chi connectivity index (χ1n) is 11.3.